The van der Waals surface area contributed by atoms with E-state index in [2.05, 4.69) is 0 Å². The summed E-state index contributed by atoms with van der Waals surface area (Å²) in [4.78, 5) is 24.8. The van der Waals surface area contributed by atoms with Crippen LogP contribution >= 0.6 is 0 Å². The number of carbonyl (C=O) groups is 2. The summed E-state index contributed by atoms with van der Waals surface area (Å²) < 4.78 is 13.0. The molecule has 1 N–H and O–H groups in total. The third kappa shape index (κ3) is 2.92. The molecular formula is C13H14FNO3. The number of likely N-dealkylation sites (tertiary alicyclic amines) is 1. The van der Waals surface area contributed by atoms with E-state index in [-0.39, 0.29) is 29.4 Å². The maximum Gasteiger partial charge on any atom is 0.180 e. The van der Waals surface area contributed by atoms with Crippen LogP contribution in [0.1, 0.15) is 23.2 Å². The number of hydrogen-bond acceptors (Lipinski definition) is 4. The summed E-state index contributed by atoms with van der Waals surface area (Å²) in [6.07, 6.45) is 0.894. The number of benzene rings is 1. The molecule has 0 saturated carbocycles. The molecule has 1 aliphatic heterocycles. The van der Waals surface area contributed by atoms with Crippen molar-refractivity contribution in [2.45, 2.75) is 12.8 Å². The Morgan fingerprint density at radius 2 is 2.00 bits per heavy atom. The van der Waals surface area contributed by atoms with Gasteiger partial charge < -0.3 is 5.11 Å². The Morgan fingerprint density at radius 3 is 2.67 bits per heavy atom. The van der Waals surface area contributed by atoms with Gasteiger partial charge >= 0.3 is 0 Å². The van der Waals surface area contributed by atoms with Crippen LogP contribution in [-0.4, -0.2) is 41.2 Å². The predicted molar refractivity (Wildman–Crippen MR) is 63.1 cm³/mol. The van der Waals surface area contributed by atoms with Gasteiger partial charge in [0, 0.05) is 25.9 Å². The number of ketones is 2. The van der Waals surface area contributed by atoms with Crippen LogP contribution in [0.15, 0.2) is 18.2 Å². The van der Waals surface area contributed by atoms with Gasteiger partial charge in [-0.3, -0.25) is 14.5 Å². The fourth-order valence-corrected chi connectivity index (χ4v) is 1.98. The molecule has 1 aliphatic rings. The summed E-state index contributed by atoms with van der Waals surface area (Å²) in [6.45, 7) is 1.19. The molecule has 1 aromatic rings. The van der Waals surface area contributed by atoms with Gasteiger partial charge in [0.05, 0.1) is 12.1 Å². The van der Waals surface area contributed by atoms with Crippen LogP contribution in [0.5, 0.6) is 5.75 Å². The second kappa shape index (κ2) is 5.27. The van der Waals surface area contributed by atoms with Gasteiger partial charge in [0.1, 0.15) is 17.3 Å². The number of phenolic OH excluding ortho intramolecular Hbond substituents is 1. The number of hydrogen-bond donors (Lipinski definition) is 1. The van der Waals surface area contributed by atoms with Gasteiger partial charge in [0.2, 0.25) is 0 Å². The number of halogens is 1. The minimum absolute atomic E-state index is 0.00750. The predicted octanol–water partition coefficient (Wildman–Crippen LogP) is 1.38. The van der Waals surface area contributed by atoms with E-state index in [1.54, 1.807) is 0 Å². The number of nitrogens with zero attached hydrogens (tertiary/aromatic N) is 1. The highest BCUT2D eigenvalue weighted by molar-refractivity contribution is 6.00. The van der Waals surface area contributed by atoms with E-state index in [4.69, 9.17) is 0 Å². The van der Waals surface area contributed by atoms with Crippen molar-refractivity contribution < 1.29 is 19.1 Å². The Morgan fingerprint density at radius 1 is 1.33 bits per heavy atom. The van der Waals surface area contributed by atoms with Crippen LogP contribution in [0.25, 0.3) is 0 Å². The average molecular weight is 251 g/mol. The van der Waals surface area contributed by atoms with Crippen molar-refractivity contribution >= 4 is 11.6 Å². The summed E-state index contributed by atoms with van der Waals surface area (Å²) in [6, 6.07) is 3.31. The number of piperidine rings is 1. The summed E-state index contributed by atoms with van der Waals surface area (Å²) in [5.74, 6) is -0.895. The highest BCUT2D eigenvalue weighted by Crippen LogP contribution is 2.19. The molecule has 96 valence electrons. The average Bonchev–Trinajstić information content (AvgIpc) is 2.35. The van der Waals surface area contributed by atoms with Gasteiger partial charge in [-0.2, -0.15) is 0 Å². The van der Waals surface area contributed by atoms with Crippen LogP contribution in [-0.2, 0) is 4.79 Å². The van der Waals surface area contributed by atoms with Crippen molar-refractivity contribution in [3.8, 4) is 5.75 Å². The summed E-state index contributed by atoms with van der Waals surface area (Å²) >= 11 is 0. The fourth-order valence-electron chi connectivity index (χ4n) is 1.98. The Kier molecular flexibility index (Phi) is 3.72. The zero-order valence-corrected chi connectivity index (χ0v) is 9.86. The zero-order chi connectivity index (χ0) is 13.1. The normalized spacial score (nSPS) is 16.8. The number of aromatic hydroxyl groups is 1. The van der Waals surface area contributed by atoms with Gasteiger partial charge in [-0.25, -0.2) is 4.39 Å². The second-order valence-corrected chi connectivity index (χ2v) is 4.40. The molecule has 1 fully saturated rings. The number of Topliss-reactive ketones (excluding diaryl/α,β-unsaturated/α-hetero) is 2. The Hall–Kier alpha value is -1.75. The third-order valence-electron chi connectivity index (χ3n) is 3.04. The van der Waals surface area contributed by atoms with Crippen LogP contribution < -0.4 is 0 Å². The molecule has 0 aliphatic carbocycles. The molecule has 4 nitrogen and oxygen atoms in total. The molecule has 1 heterocycles. The first-order valence-corrected chi connectivity index (χ1v) is 5.82. The first kappa shape index (κ1) is 12.7. The van der Waals surface area contributed by atoms with E-state index in [0.717, 1.165) is 12.1 Å². The fraction of sp³-hybridized carbons (Fsp3) is 0.385. The maximum absolute atomic E-state index is 13.0. The third-order valence-corrected chi connectivity index (χ3v) is 3.04. The molecule has 18 heavy (non-hydrogen) atoms. The molecule has 5 heteroatoms. The first-order chi connectivity index (χ1) is 8.56. The van der Waals surface area contributed by atoms with E-state index in [9.17, 15) is 19.1 Å². The largest absolute Gasteiger partial charge is 0.507 e. The summed E-state index contributed by atoms with van der Waals surface area (Å²) in [5, 5.41) is 9.52. The lowest BCUT2D eigenvalue weighted by atomic mass is 10.1. The Bertz CT molecular complexity index is 477. The molecular weight excluding hydrogens is 237 g/mol. The van der Waals surface area contributed by atoms with E-state index in [1.165, 1.54) is 6.07 Å². The van der Waals surface area contributed by atoms with E-state index in [1.807, 2.05) is 4.90 Å². The highest BCUT2D eigenvalue weighted by Gasteiger charge is 2.20. The first-order valence-electron chi connectivity index (χ1n) is 5.82. The zero-order valence-electron chi connectivity index (χ0n) is 9.86. The monoisotopic (exact) mass is 251 g/mol. The number of carbonyl (C=O) groups excluding carboxylic acids is 2. The van der Waals surface area contributed by atoms with Crippen molar-refractivity contribution in [3.05, 3.63) is 29.6 Å². The van der Waals surface area contributed by atoms with Crippen molar-refractivity contribution in [1.82, 2.24) is 4.90 Å². The van der Waals surface area contributed by atoms with Gasteiger partial charge in [-0.15, -0.1) is 0 Å². The molecule has 2 rings (SSSR count). The van der Waals surface area contributed by atoms with Crippen LogP contribution in [0.2, 0.25) is 0 Å². The van der Waals surface area contributed by atoms with E-state index >= 15 is 0 Å². The van der Waals surface area contributed by atoms with Crippen molar-refractivity contribution in [2.75, 3.05) is 19.6 Å². The minimum Gasteiger partial charge on any atom is -0.507 e. The van der Waals surface area contributed by atoms with Gasteiger partial charge in [-0.05, 0) is 18.2 Å². The molecule has 1 saturated heterocycles. The van der Waals surface area contributed by atoms with Crippen LogP contribution in [0.3, 0.4) is 0 Å². The lowest BCUT2D eigenvalue weighted by Crippen LogP contribution is -2.37. The van der Waals surface area contributed by atoms with E-state index in [0.29, 0.717) is 25.9 Å². The molecule has 0 unspecified atom stereocenters. The SMILES string of the molecule is O=C1CCN(CC(=O)c2cc(F)ccc2O)CC1. The van der Waals surface area contributed by atoms with Gasteiger partial charge in [-0.1, -0.05) is 0 Å². The molecule has 0 bridgehead atoms. The van der Waals surface area contributed by atoms with Crippen LogP contribution in [0.4, 0.5) is 4.39 Å². The molecule has 0 amide bonds. The van der Waals surface area contributed by atoms with Crippen LogP contribution in [0, 0.1) is 5.82 Å². The lowest BCUT2D eigenvalue weighted by Gasteiger charge is -2.24. The minimum atomic E-state index is -0.551. The van der Waals surface area contributed by atoms with Crippen molar-refractivity contribution in [2.24, 2.45) is 0 Å². The van der Waals surface area contributed by atoms with Crippen molar-refractivity contribution in [1.29, 1.82) is 0 Å². The molecule has 0 aromatic heterocycles. The molecule has 1 aromatic carbocycles. The topological polar surface area (TPSA) is 57.6 Å². The number of rotatable bonds is 3. The van der Waals surface area contributed by atoms with Gasteiger partial charge in [0.25, 0.3) is 0 Å². The molecule has 0 spiro atoms. The highest BCUT2D eigenvalue weighted by atomic mass is 19.1. The second-order valence-electron chi connectivity index (χ2n) is 4.40. The Labute approximate surface area is 104 Å². The number of phenols is 1. The quantitative estimate of drug-likeness (QED) is 0.824. The summed E-state index contributed by atoms with van der Waals surface area (Å²) in [5.41, 5.74) is -0.00750. The summed E-state index contributed by atoms with van der Waals surface area (Å²) in [7, 11) is 0. The van der Waals surface area contributed by atoms with E-state index < -0.39 is 5.82 Å². The maximum atomic E-state index is 13.0. The standard InChI is InChI=1S/C13H14FNO3/c14-9-1-2-12(17)11(7-9)13(18)8-15-5-3-10(16)4-6-15/h1-2,7,17H,3-6,8H2. The lowest BCUT2D eigenvalue weighted by molar-refractivity contribution is -0.121. The van der Waals surface area contributed by atoms with Crippen molar-refractivity contribution in [3.63, 3.8) is 0 Å². The Balaban J connectivity index is 2.03. The molecule has 0 atom stereocenters. The smallest absolute Gasteiger partial charge is 0.180 e. The molecule has 0 radical (unpaired) electrons. The van der Waals surface area contributed by atoms with Gasteiger partial charge in [0.15, 0.2) is 5.78 Å².